The Kier molecular flexibility index (Phi) is 5.34. The summed E-state index contributed by atoms with van der Waals surface area (Å²) in [6.45, 7) is 6.13. The Hall–Kier alpha value is -4.44. The number of ether oxygens (including phenoxy) is 1. The molecular weight excluding hydrogens is 424 g/mol. The van der Waals surface area contributed by atoms with Crippen molar-refractivity contribution in [3.63, 3.8) is 0 Å². The number of anilines is 1. The summed E-state index contributed by atoms with van der Waals surface area (Å²) in [6, 6.07) is 15.5. The van der Waals surface area contributed by atoms with Gasteiger partial charge in [-0.05, 0) is 80.4 Å². The summed E-state index contributed by atoms with van der Waals surface area (Å²) >= 11 is 0. The van der Waals surface area contributed by atoms with Crippen LogP contribution in [0.2, 0.25) is 0 Å². The normalized spacial score (nSPS) is 16.6. The lowest BCUT2D eigenvalue weighted by molar-refractivity contribution is 0.383. The molecule has 0 saturated carbocycles. The summed E-state index contributed by atoms with van der Waals surface area (Å²) in [6.07, 6.45) is 5.58. The zero-order chi connectivity index (χ0) is 23.8. The van der Waals surface area contributed by atoms with E-state index in [-0.39, 0.29) is 6.04 Å². The van der Waals surface area contributed by atoms with Crippen LogP contribution in [0.25, 0.3) is 11.3 Å². The molecule has 3 heterocycles. The van der Waals surface area contributed by atoms with Crippen LogP contribution < -0.4 is 10.1 Å². The Morgan fingerprint density at radius 3 is 2.47 bits per heavy atom. The van der Waals surface area contributed by atoms with Gasteiger partial charge in [0.25, 0.3) is 0 Å². The van der Waals surface area contributed by atoms with Crippen LogP contribution in [-0.4, -0.2) is 27.7 Å². The van der Waals surface area contributed by atoms with Gasteiger partial charge < -0.3 is 10.1 Å². The highest BCUT2D eigenvalue weighted by Crippen LogP contribution is 2.34. The summed E-state index contributed by atoms with van der Waals surface area (Å²) in [7, 11) is 1.94. The Morgan fingerprint density at radius 2 is 1.82 bits per heavy atom. The molecule has 7 nitrogen and oxygen atoms in total. The van der Waals surface area contributed by atoms with Crippen molar-refractivity contribution in [1.82, 2.24) is 9.78 Å². The SMILES string of the molecule is Cc1cc(-c2ccnn2C)cc(C)c1OC1=C2C=C(Nc3ccc(C#N)cc3)N=C2C=NC1C. The van der Waals surface area contributed by atoms with E-state index >= 15 is 0 Å². The average Bonchev–Trinajstić information content (AvgIpc) is 3.43. The summed E-state index contributed by atoms with van der Waals surface area (Å²) in [5, 5.41) is 16.6. The van der Waals surface area contributed by atoms with Crippen molar-refractivity contribution in [2.24, 2.45) is 17.0 Å². The van der Waals surface area contributed by atoms with Crippen molar-refractivity contribution in [2.45, 2.75) is 26.8 Å². The average molecular weight is 449 g/mol. The molecule has 0 amide bonds. The van der Waals surface area contributed by atoms with E-state index in [2.05, 4.69) is 52.4 Å². The zero-order valence-electron chi connectivity index (χ0n) is 19.5. The number of rotatable bonds is 5. The lowest BCUT2D eigenvalue weighted by Crippen LogP contribution is -2.22. The smallest absolute Gasteiger partial charge is 0.138 e. The van der Waals surface area contributed by atoms with E-state index in [1.807, 2.05) is 42.9 Å². The molecule has 0 aliphatic carbocycles. The number of hydrogen-bond donors (Lipinski definition) is 1. The van der Waals surface area contributed by atoms with E-state index < -0.39 is 0 Å². The lowest BCUT2D eigenvalue weighted by atomic mass is 10.0. The predicted molar refractivity (Wildman–Crippen MR) is 134 cm³/mol. The first-order chi connectivity index (χ1) is 16.4. The molecule has 2 aliphatic heterocycles. The van der Waals surface area contributed by atoms with E-state index in [0.717, 1.165) is 50.9 Å². The van der Waals surface area contributed by atoms with Crippen molar-refractivity contribution in [3.8, 4) is 23.1 Å². The number of aliphatic imine (C=N–C) groups is 2. The molecule has 0 radical (unpaired) electrons. The van der Waals surface area contributed by atoms with Crippen molar-refractivity contribution >= 4 is 17.6 Å². The first kappa shape index (κ1) is 21.4. The quantitative estimate of drug-likeness (QED) is 0.589. The first-order valence-electron chi connectivity index (χ1n) is 11.1. The first-order valence-corrected chi connectivity index (χ1v) is 11.1. The molecular formula is C27H24N6O. The highest BCUT2D eigenvalue weighted by Gasteiger charge is 2.27. The molecule has 0 fully saturated rings. The summed E-state index contributed by atoms with van der Waals surface area (Å²) in [5.41, 5.74) is 7.42. The van der Waals surface area contributed by atoms with Crippen LogP contribution in [-0.2, 0) is 7.05 Å². The van der Waals surface area contributed by atoms with Crippen molar-refractivity contribution in [3.05, 3.63) is 88.6 Å². The van der Waals surface area contributed by atoms with Crippen LogP contribution in [0.3, 0.4) is 0 Å². The van der Waals surface area contributed by atoms with Gasteiger partial charge in [0.15, 0.2) is 0 Å². The molecule has 5 rings (SSSR count). The molecule has 168 valence electrons. The van der Waals surface area contributed by atoms with E-state index in [4.69, 9.17) is 10.00 Å². The number of nitrogens with zero attached hydrogens (tertiary/aromatic N) is 5. The van der Waals surface area contributed by atoms with Gasteiger partial charge in [-0.25, -0.2) is 4.99 Å². The Morgan fingerprint density at radius 1 is 1.09 bits per heavy atom. The van der Waals surface area contributed by atoms with E-state index in [1.165, 1.54) is 0 Å². The fraction of sp³-hybridized carbons (Fsp3) is 0.185. The number of benzene rings is 2. The van der Waals surface area contributed by atoms with Crippen LogP contribution in [0.15, 0.2) is 81.9 Å². The number of aryl methyl sites for hydroxylation is 3. The van der Waals surface area contributed by atoms with Gasteiger partial charge in [0.1, 0.15) is 23.4 Å². The second-order valence-corrected chi connectivity index (χ2v) is 8.45. The van der Waals surface area contributed by atoms with E-state index in [0.29, 0.717) is 11.4 Å². The third-order valence-corrected chi connectivity index (χ3v) is 5.94. The highest BCUT2D eigenvalue weighted by molar-refractivity contribution is 6.41. The molecule has 34 heavy (non-hydrogen) atoms. The van der Waals surface area contributed by atoms with Crippen molar-refractivity contribution in [2.75, 3.05) is 5.32 Å². The second kappa shape index (κ2) is 8.49. The van der Waals surface area contributed by atoms with Crippen LogP contribution in [0.5, 0.6) is 5.75 Å². The number of nitriles is 1. The molecule has 3 aromatic rings. The fourth-order valence-corrected chi connectivity index (χ4v) is 4.21. The Labute approximate surface area is 198 Å². The summed E-state index contributed by atoms with van der Waals surface area (Å²) in [4.78, 5) is 9.28. The minimum absolute atomic E-state index is 0.130. The number of nitrogens with one attached hydrogen (secondary N) is 1. The third-order valence-electron chi connectivity index (χ3n) is 5.94. The van der Waals surface area contributed by atoms with Gasteiger partial charge in [0, 0.05) is 36.3 Å². The van der Waals surface area contributed by atoms with Crippen LogP contribution in [0.4, 0.5) is 5.69 Å². The molecule has 2 aliphatic rings. The standard InChI is InChI=1S/C27H24N6O/c1-16-11-20(24-9-10-30-33(24)4)12-17(2)26(16)34-27-18(3)29-15-23-22(27)13-25(32-23)31-21-7-5-19(14-28)6-8-21/h5-13,15,18,31H,1-4H3. The molecule has 1 unspecified atom stereocenters. The molecule has 7 heteroatoms. The number of hydrogen-bond acceptors (Lipinski definition) is 6. The maximum Gasteiger partial charge on any atom is 0.138 e. The highest BCUT2D eigenvalue weighted by atomic mass is 16.5. The Balaban J connectivity index is 1.46. The Bertz CT molecular complexity index is 1420. The van der Waals surface area contributed by atoms with Crippen LogP contribution >= 0.6 is 0 Å². The minimum Gasteiger partial charge on any atom is -0.458 e. The molecule has 1 N–H and O–H groups in total. The number of allylic oxidation sites excluding steroid dienone is 2. The molecule has 1 atom stereocenters. The largest absolute Gasteiger partial charge is 0.458 e. The van der Waals surface area contributed by atoms with Gasteiger partial charge in [-0.3, -0.25) is 9.67 Å². The van der Waals surface area contributed by atoms with Gasteiger partial charge in [-0.2, -0.15) is 10.4 Å². The molecule has 1 aromatic heterocycles. The maximum absolute atomic E-state index is 9.00. The van der Waals surface area contributed by atoms with Crippen LogP contribution in [0, 0.1) is 25.2 Å². The van der Waals surface area contributed by atoms with Gasteiger partial charge in [-0.15, -0.1) is 0 Å². The fourth-order valence-electron chi connectivity index (χ4n) is 4.21. The summed E-state index contributed by atoms with van der Waals surface area (Å²) < 4.78 is 8.40. The maximum atomic E-state index is 9.00. The molecule has 0 spiro atoms. The van der Waals surface area contributed by atoms with Gasteiger partial charge in [0.2, 0.25) is 0 Å². The van der Waals surface area contributed by atoms with E-state index in [1.54, 1.807) is 24.5 Å². The van der Waals surface area contributed by atoms with Crippen molar-refractivity contribution in [1.29, 1.82) is 5.26 Å². The second-order valence-electron chi connectivity index (χ2n) is 8.45. The van der Waals surface area contributed by atoms with Crippen molar-refractivity contribution < 1.29 is 4.74 Å². The van der Waals surface area contributed by atoms with Gasteiger partial charge in [-0.1, -0.05) is 0 Å². The molecule has 0 saturated heterocycles. The summed E-state index contributed by atoms with van der Waals surface area (Å²) in [5.74, 6) is 2.31. The predicted octanol–water partition coefficient (Wildman–Crippen LogP) is 5.09. The minimum atomic E-state index is -0.130. The van der Waals surface area contributed by atoms with E-state index in [9.17, 15) is 0 Å². The number of aromatic nitrogens is 2. The van der Waals surface area contributed by atoms with Crippen LogP contribution in [0.1, 0.15) is 23.6 Å². The van der Waals surface area contributed by atoms with Gasteiger partial charge >= 0.3 is 0 Å². The van der Waals surface area contributed by atoms with Gasteiger partial charge in [0.05, 0.1) is 23.0 Å². The topological polar surface area (TPSA) is 87.6 Å². The lowest BCUT2D eigenvalue weighted by Gasteiger charge is -2.22. The molecule has 0 bridgehead atoms. The third kappa shape index (κ3) is 3.90. The monoisotopic (exact) mass is 448 g/mol. The zero-order valence-corrected chi connectivity index (χ0v) is 19.5. The number of dihydropyridines is 1. The number of fused-ring (bicyclic) bond motifs is 1. The molecule has 2 aromatic carbocycles.